The largest absolute Gasteiger partial charge is 0.492 e. The zero-order valence-electron chi connectivity index (χ0n) is 14.8. The van der Waals surface area contributed by atoms with Crippen LogP contribution in [0, 0.1) is 6.92 Å². The van der Waals surface area contributed by atoms with Crippen LogP contribution in [-0.4, -0.2) is 43.1 Å². The van der Waals surface area contributed by atoms with Gasteiger partial charge in [0.15, 0.2) is 5.96 Å². The maximum absolute atomic E-state index is 12.7. The molecule has 0 spiro atoms. The summed E-state index contributed by atoms with van der Waals surface area (Å²) in [6, 6.07) is 4.84. The summed E-state index contributed by atoms with van der Waals surface area (Å²) < 4.78 is 43.4. The van der Waals surface area contributed by atoms with Crippen LogP contribution in [0.4, 0.5) is 13.2 Å². The molecule has 0 radical (unpaired) electrons. The zero-order valence-corrected chi connectivity index (χ0v) is 15.6. The van der Waals surface area contributed by atoms with E-state index in [2.05, 4.69) is 15.3 Å². The first-order valence-electron chi connectivity index (χ1n) is 7.92. The third-order valence-electron chi connectivity index (χ3n) is 3.45. The molecule has 1 heterocycles. The molecule has 0 atom stereocenters. The van der Waals surface area contributed by atoms with Crippen molar-refractivity contribution in [1.82, 2.24) is 15.2 Å². The van der Waals surface area contributed by atoms with E-state index < -0.39 is 11.7 Å². The Kier molecular flexibility index (Phi) is 6.84. The molecule has 0 fully saturated rings. The number of alkyl halides is 3. The van der Waals surface area contributed by atoms with Gasteiger partial charge in [0.1, 0.15) is 12.4 Å². The van der Waals surface area contributed by atoms with Gasteiger partial charge in [-0.05, 0) is 25.1 Å². The molecular formula is C17H21F3N4OS. The van der Waals surface area contributed by atoms with Crippen LogP contribution in [0.2, 0.25) is 0 Å². The lowest BCUT2D eigenvalue weighted by molar-refractivity contribution is -0.137. The van der Waals surface area contributed by atoms with Gasteiger partial charge < -0.3 is 15.0 Å². The lowest BCUT2D eigenvalue weighted by atomic mass is 10.2. The van der Waals surface area contributed by atoms with Crippen LogP contribution < -0.4 is 10.1 Å². The Morgan fingerprint density at radius 3 is 2.77 bits per heavy atom. The predicted molar refractivity (Wildman–Crippen MR) is 96.6 cm³/mol. The maximum Gasteiger partial charge on any atom is 0.416 e. The summed E-state index contributed by atoms with van der Waals surface area (Å²) in [4.78, 5) is 10.5. The van der Waals surface area contributed by atoms with E-state index in [9.17, 15) is 13.2 Å². The molecule has 0 bridgehead atoms. The molecule has 0 aliphatic rings. The number of aliphatic imine (C=N–C) groups is 1. The summed E-state index contributed by atoms with van der Waals surface area (Å²) >= 11 is 1.59. The Balaban J connectivity index is 1.80. The number of thiazole rings is 1. The molecule has 1 aromatic heterocycles. The van der Waals surface area contributed by atoms with Gasteiger partial charge in [0.05, 0.1) is 29.4 Å². The quantitative estimate of drug-likeness (QED) is 0.469. The van der Waals surface area contributed by atoms with E-state index in [0.717, 1.165) is 22.8 Å². The van der Waals surface area contributed by atoms with E-state index in [4.69, 9.17) is 4.74 Å². The Morgan fingerprint density at radius 2 is 2.15 bits per heavy atom. The average Bonchev–Trinajstić information content (AvgIpc) is 2.99. The average molecular weight is 386 g/mol. The fourth-order valence-electron chi connectivity index (χ4n) is 2.28. The van der Waals surface area contributed by atoms with Crippen LogP contribution in [0.1, 0.15) is 16.3 Å². The third-order valence-corrected chi connectivity index (χ3v) is 4.28. The molecule has 9 heteroatoms. The fourth-order valence-corrected chi connectivity index (χ4v) is 2.88. The minimum Gasteiger partial charge on any atom is -0.492 e. The van der Waals surface area contributed by atoms with Crippen molar-refractivity contribution in [3.8, 4) is 5.75 Å². The highest BCUT2D eigenvalue weighted by Crippen LogP contribution is 2.31. The number of guanidine groups is 1. The monoisotopic (exact) mass is 386 g/mol. The molecule has 0 saturated heterocycles. The van der Waals surface area contributed by atoms with Crippen molar-refractivity contribution < 1.29 is 17.9 Å². The van der Waals surface area contributed by atoms with Gasteiger partial charge in [-0.2, -0.15) is 13.2 Å². The Labute approximate surface area is 154 Å². The maximum atomic E-state index is 12.7. The topological polar surface area (TPSA) is 49.8 Å². The molecule has 0 saturated carbocycles. The minimum absolute atomic E-state index is 0.183. The Hall–Kier alpha value is -2.29. The summed E-state index contributed by atoms with van der Waals surface area (Å²) in [7, 11) is 3.55. The van der Waals surface area contributed by atoms with Crippen LogP contribution in [0.5, 0.6) is 5.75 Å². The highest BCUT2D eigenvalue weighted by Gasteiger charge is 2.30. The van der Waals surface area contributed by atoms with Crippen molar-refractivity contribution in [2.45, 2.75) is 19.6 Å². The lowest BCUT2D eigenvalue weighted by Gasteiger charge is -2.21. The first-order chi connectivity index (χ1) is 12.3. The first-order valence-corrected chi connectivity index (χ1v) is 8.80. The van der Waals surface area contributed by atoms with Crippen LogP contribution in [0.15, 0.2) is 34.6 Å². The van der Waals surface area contributed by atoms with Gasteiger partial charge in [-0.25, -0.2) is 4.98 Å². The van der Waals surface area contributed by atoms with Crippen LogP contribution in [-0.2, 0) is 12.7 Å². The molecule has 0 unspecified atom stereocenters. The van der Waals surface area contributed by atoms with Crippen molar-refractivity contribution in [3.63, 3.8) is 0 Å². The van der Waals surface area contributed by atoms with E-state index in [1.54, 1.807) is 18.4 Å². The van der Waals surface area contributed by atoms with Crippen LogP contribution in [0.3, 0.4) is 0 Å². The lowest BCUT2D eigenvalue weighted by Crippen LogP contribution is -2.40. The molecule has 0 amide bonds. The fraction of sp³-hybridized carbons (Fsp3) is 0.412. The van der Waals surface area contributed by atoms with Gasteiger partial charge in [-0.15, -0.1) is 11.3 Å². The van der Waals surface area contributed by atoms with Gasteiger partial charge in [0.25, 0.3) is 0 Å². The van der Waals surface area contributed by atoms with Crippen molar-refractivity contribution in [1.29, 1.82) is 0 Å². The number of hydrogen-bond donors (Lipinski definition) is 1. The predicted octanol–water partition coefficient (Wildman–Crippen LogP) is 3.56. The summed E-state index contributed by atoms with van der Waals surface area (Å²) in [5.41, 5.74) is 0.232. The highest BCUT2D eigenvalue weighted by molar-refractivity contribution is 7.09. The van der Waals surface area contributed by atoms with E-state index in [0.29, 0.717) is 19.0 Å². The first kappa shape index (κ1) is 20.0. The second kappa shape index (κ2) is 8.88. The third kappa shape index (κ3) is 5.91. The van der Waals surface area contributed by atoms with E-state index in [1.807, 2.05) is 24.3 Å². The number of ether oxygens (including phenoxy) is 1. The number of benzene rings is 1. The van der Waals surface area contributed by atoms with E-state index in [-0.39, 0.29) is 12.4 Å². The second-order valence-corrected chi connectivity index (χ2v) is 6.62. The van der Waals surface area contributed by atoms with Crippen LogP contribution in [0.25, 0.3) is 0 Å². The number of halogens is 3. The van der Waals surface area contributed by atoms with Crippen LogP contribution >= 0.6 is 11.3 Å². The van der Waals surface area contributed by atoms with E-state index in [1.165, 1.54) is 12.1 Å². The molecule has 2 rings (SSSR count). The van der Waals surface area contributed by atoms with Gasteiger partial charge >= 0.3 is 6.18 Å². The van der Waals surface area contributed by atoms with E-state index >= 15 is 0 Å². The highest BCUT2D eigenvalue weighted by atomic mass is 32.1. The minimum atomic E-state index is -4.38. The van der Waals surface area contributed by atoms with Crippen molar-refractivity contribution in [2.75, 3.05) is 27.2 Å². The molecule has 1 aromatic carbocycles. The molecule has 0 aliphatic heterocycles. The zero-order chi connectivity index (χ0) is 19.2. The molecule has 5 nitrogen and oxygen atoms in total. The van der Waals surface area contributed by atoms with Gasteiger partial charge in [0, 0.05) is 19.5 Å². The standard InChI is InChI=1S/C17H21F3N4OS/c1-12-23-14(11-26-12)10-24(3)16(21-2)22-7-8-25-15-6-4-5-13(9-15)17(18,19)20/h4-6,9,11H,7-8,10H2,1-3H3,(H,21,22). The molecular weight excluding hydrogens is 365 g/mol. The normalized spacial score (nSPS) is 12.2. The summed E-state index contributed by atoms with van der Waals surface area (Å²) in [5, 5.41) is 6.12. The number of aryl methyl sites for hydroxylation is 1. The number of rotatable bonds is 6. The molecule has 26 heavy (non-hydrogen) atoms. The Bertz CT molecular complexity index is 746. The number of hydrogen-bond acceptors (Lipinski definition) is 4. The molecule has 1 N–H and O–H groups in total. The second-order valence-electron chi connectivity index (χ2n) is 5.56. The summed E-state index contributed by atoms with van der Waals surface area (Å²) in [6.07, 6.45) is -4.38. The van der Waals surface area contributed by atoms with Crippen molar-refractivity contribution in [3.05, 3.63) is 45.9 Å². The van der Waals surface area contributed by atoms with Gasteiger partial charge in [-0.1, -0.05) is 6.07 Å². The van der Waals surface area contributed by atoms with Crippen molar-refractivity contribution in [2.24, 2.45) is 4.99 Å². The van der Waals surface area contributed by atoms with Gasteiger partial charge in [0.2, 0.25) is 0 Å². The smallest absolute Gasteiger partial charge is 0.416 e. The summed E-state index contributed by atoms with van der Waals surface area (Å²) in [5.74, 6) is 0.839. The SMILES string of the molecule is CN=C(NCCOc1cccc(C(F)(F)F)c1)N(C)Cc1csc(C)n1. The molecule has 2 aromatic rings. The number of nitrogens with one attached hydrogen (secondary N) is 1. The molecule has 142 valence electrons. The van der Waals surface area contributed by atoms with Crippen molar-refractivity contribution >= 4 is 17.3 Å². The number of aromatic nitrogens is 1. The number of nitrogens with zero attached hydrogens (tertiary/aromatic N) is 3. The Morgan fingerprint density at radius 1 is 1.38 bits per heavy atom. The molecule has 0 aliphatic carbocycles. The van der Waals surface area contributed by atoms with Gasteiger partial charge in [-0.3, -0.25) is 4.99 Å². The summed E-state index contributed by atoms with van der Waals surface area (Å²) in [6.45, 7) is 3.18.